The summed E-state index contributed by atoms with van der Waals surface area (Å²) < 4.78 is 0. The summed E-state index contributed by atoms with van der Waals surface area (Å²) in [5.74, 6) is 0.673. The quantitative estimate of drug-likeness (QED) is 0.795. The fraction of sp³-hybridized carbons (Fsp3) is 0.636. The van der Waals surface area contributed by atoms with Crippen molar-refractivity contribution in [2.45, 2.75) is 38.2 Å². The Morgan fingerprint density at radius 3 is 2.79 bits per heavy atom. The van der Waals surface area contributed by atoms with Gasteiger partial charge in [0.1, 0.15) is 5.60 Å². The molecular weight excluding hydrogens is 176 g/mol. The standard InChI is InChI=1S/C11H16N2O/c1-11(14,7-9-3-2-4-9)10-8-12-5-6-13-10/h5-6,8-9,14H,2-4,7H2,1H3. The minimum atomic E-state index is -0.806. The van der Waals surface area contributed by atoms with E-state index in [0.29, 0.717) is 11.6 Å². The molecule has 3 heteroatoms. The number of rotatable bonds is 3. The number of aromatic nitrogens is 2. The van der Waals surface area contributed by atoms with Crippen molar-refractivity contribution in [2.24, 2.45) is 5.92 Å². The summed E-state index contributed by atoms with van der Waals surface area (Å²) in [6.45, 7) is 1.83. The van der Waals surface area contributed by atoms with Gasteiger partial charge in [-0.3, -0.25) is 9.97 Å². The van der Waals surface area contributed by atoms with Gasteiger partial charge < -0.3 is 5.11 Å². The van der Waals surface area contributed by atoms with E-state index in [0.717, 1.165) is 6.42 Å². The fourth-order valence-electron chi connectivity index (χ4n) is 1.94. The molecule has 3 nitrogen and oxygen atoms in total. The third-order valence-electron chi connectivity index (χ3n) is 3.03. The van der Waals surface area contributed by atoms with Crippen molar-refractivity contribution >= 4 is 0 Å². The van der Waals surface area contributed by atoms with E-state index in [2.05, 4.69) is 9.97 Å². The lowest BCUT2D eigenvalue weighted by atomic mass is 9.77. The molecule has 1 aliphatic carbocycles. The predicted octanol–water partition coefficient (Wildman–Crippen LogP) is 1.87. The molecule has 1 aromatic rings. The number of hydrogen-bond donors (Lipinski definition) is 1. The fourth-order valence-corrected chi connectivity index (χ4v) is 1.94. The molecule has 0 bridgehead atoms. The minimum absolute atomic E-state index is 0.673. The topological polar surface area (TPSA) is 46.0 Å². The first-order valence-corrected chi connectivity index (χ1v) is 5.17. The first kappa shape index (κ1) is 9.59. The van der Waals surface area contributed by atoms with Crippen molar-refractivity contribution in [1.82, 2.24) is 9.97 Å². The Hall–Kier alpha value is -0.960. The van der Waals surface area contributed by atoms with Crippen LogP contribution in [0.15, 0.2) is 18.6 Å². The minimum Gasteiger partial charge on any atom is -0.384 e. The van der Waals surface area contributed by atoms with Crippen LogP contribution in [0.25, 0.3) is 0 Å². The van der Waals surface area contributed by atoms with Gasteiger partial charge in [-0.05, 0) is 19.3 Å². The summed E-state index contributed by atoms with van der Waals surface area (Å²) >= 11 is 0. The average Bonchev–Trinajstić information content (AvgIpc) is 2.13. The summed E-state index contributed by atoms with van der Waals surface area (Å²) in [4.78, 5) is 8.13. The predicted molar refractivity (Wildman–Crippen MR) is 53.6 cm³/mol. The summed E-state index contributed by atoms with van der Waals surface area (Å²) in [5.41, 5.74) is -0.119. The van der Waals surface area contributed by atoms with Crippen LogP contribution in [0, 0.1) is 5.92 Å². The van der Waals surface area contributed by atoms with Gasteiger partial charge in [-0.1, -0.05) is 19.3 Å². The Bertz CT molecular complexity index is 293. The second-order valence-electron chi connectivity index (χ2n) is 4.37. The summed E-state index contributed by atoms with van der Waals surface area (Å²) in [6.07, 6.45) is 9.52. The Morgan fingerprint density at radius 2 is 2.29 bits per heavy atom. The van der Waals surface area contributed by atoms with Gasteiger partial charge in [0.15, 0.2) is 0 Å². The monoisotopic (exact) mass is 192 g/mol. The van der Waals surface area contributed by atoms with Crippen LogP contribution >= 0.6 is 0 Å². The van der Waals surface area contributed by atoms with Crippen molar-refractivity contribution in [1.29, 1.82) is 0 Å². The summed E-state index contributed by atoms with van der Waals surface area (Å²) in [5, 5.41) is 10.2. The van der Waals surface area contributed by atoms with Crippen LogP contribution in [0.4, 0.5) is 0 Å². The molecule has 1 unspecified atom stereocenters. The second-order valence-corrected chi connectivity index (χ2v) is 4.37. The van der Waals surface area contributed by atoms with Gasteiger partial charge in [0.05, 0.1) is 11.9 Å². The van der Waals surface area contributed by atoms with E-state index in [1.165, 1.54) is 19.3 Å². The lowest BCUT2D eigenvalue weighted by Crippen LogP contribution is -2.29. The van der Waals surface area contributed by atoms with Crippen LogP contribution in [0.5, 0.6) is 0 Å². The van der Waals surface area contributed by atoms with Crippen molar-refractivity contribution < 1.29 is 5.11 Å². The first-order chi connectivity index (χ1) is 6.68. The molecule has 1 aliphatic rings. The molecule has 76 valence electrons. The normalized spacial score (nSPS) is 21.3. The molecule has 0 radical (unpaired) electrons. The number of nitrogens with zero attached hydrogens (tertiary/aromatic N) is 2. The molecule has 0 aromatic carbocycles. The highest BCUT2D eigenvalue weighted by Crippen LogP contribution is 2.36. The van der Waals surface area contributed by atoms with Crippen molar-refractivity contribution in [3.63, 3.8) is 0 Å². The van der Waals surface area contributed by atoms with Gasteiger partial charge in [-0.2, -0.15) is 0 Å². The molecule has 2 rings (SSSR count). The SMILES string of the molecule is CC(O)(CC1CCC1)c1cnccn1. The lowest BCUT2D eigenvalue weighted by Gasteiger charge is -2.32. The first-order valence-electron chi connectivity index (χ1n) is 5.17. The maximum atomic E-state index is 10.2. The zero-order chi connectivity index (χ0) is 10.0. The molecule has 14 heavy (non-hydrogen) atoms. The average molecular weight is 192 g/mol. The highest BCUT2D eigenvalue weighted by molar-refractivity contribution is 5.06. The molecule has 1 heterocycles. The van der Waals surface area contributed by atoms with Gasteiger partial charge in [0.2, 0.25) is 0 Å². The van der Waals surface area contributed by atoms with Gasteiger partial charge in [0, 0.05) is 12.4 Å². The van der Waals surface area contributed by atoms with Crippen LogP contribution in [0.2, 0.25) is 0 Å². The van der Waals surface area contributed by atoms with Crippen LogP contribution in [0.1, 0.15) is 38.3 Å². The number of aliphatic hydroxyl groups is 1. The van der Waals surface area contributed by atoms with E-state index in [4.69, 9.17) is 0 Å². The van der Waals surface area contributed by atoms with Crippen molar-refractivity contribution in [3.05, 3.63) is 24.3 Å². The van der Waals surface area contributed by atoms with Crippen molar-refractivity contribution in [2.75, 3.05) is 0 Å². The van der Waals surface area contributed by atoms with Gasteiger partial charge in [-0.25, -0.2) is 0 Å². The van der Waals surface area contributed by atoms with E-state index >= 15 is 0 Å². The molecule has 1 N–H and O–H groups in total. The van der Waals surface area contributed by atoms with Gasteiger partial charge in [0.25, 0.3) is 0 Å². The van der Waals surface area contributed by atoms with Gasteiger partial charge >= 0.3 is 0 Å². The van der Waals surface area contributed by atoms with Crippen LogP contribution in [-0.2, 0) is 5.60 Å². The van der Waals surface area contributed by atoms with Crippen molar-refractivity contribution in [3.8, 4) is 0 Å². The van der Waals surface area contributed by atoms with E-state index in [9.17, 15) is 5.11 Å². The molecule has 0 saturated heterocycles. The summed E-state index contributed by atoms with van der Waals surface area (Å²) in [7, 11) is 0. The Morgan fingerprint density at radius 1 is 1.50 bits per heavy atom. The molecular formula is C11H16N2O. The molecule has 1 fully saturated rings. The Kier molecular flexibility index (Phi) is 2.50. The third kappa shape index (κ3) is 1.93. The lowest BCUT2D eigenvalue weighted by molar-refractivity contribution is 0.0120. The highest BCUT2D eigenvalue weighted by atomic mass is 16.3. The zero-order valence-electron chi connectivity index (χ0n) is 8.48. The number of hydrogen-bond acceptors (Lipinski definition) is 3. The molecule has 0 amide bonds. The third-order valence-corrected chi connectivity index (χ3v) is 3.03. The van der Waals surface area contributed by atoms with Crippen LogP contribution in [0.3, 0.4) is 0 Å². The Balaban J connectivity index is 2.06. The largest absolute Gasteiger partial charge is 0.384 e. The maximum absolute atomic E-state index is 10.2. The van der Waals surface area contributed by atoms with Crippen LogP contribution in [-0.4, -0.2) is 15.1 Å². The molecule has 1 saturated carbocycles. The van der Waals surface area contributed by atoms with E-state index in [-0.39, 0.29) is 0 Å². The molecule has 0 spiro atoms. The molecule has 1 aromatic heterocycles. The second kappa shape index (κ2) is 3.65. The van der Waals surface area contributed by atoms with Gasteiger partial charge in [-0.15, -0.1) is 0 Å². The smallest absolute Gasteiger partial charge is 0.106 e. The molecule has 1 atom stereocenters. The zero-order valence-corrected chi connectivity index (χ0v) is 8.48. The molecule has 0 aliphatic heterocycles. The maximum Gasteiger partial charge on any atom is 0.106 e. The summed E-state index contributed by atoms with van der Waals surface area (Å²) in [6, 6.07) is 0. The van der Waals surface area contributed by atoms with E-state index in [1.54, 1.807) is 18.6 Å². The highest BCUT2D eigenvalue weighted by Gasteiger charge is 2.31. The van der Waals surface area contributed by atoms with E-state index in [1.807, 2.05) is 6.92 Å². The Labute approximate surface area is 84.2 Å². The van der Waals surface area contributed by atoms with E-state index < -0.39 is 5.60 Å². The van der Waals surface area contributed by atoms with Crippen LogP contribution < -0.4 is 0 Å².